The summed E-state index contributed by atoms with van der Waals surface area (Å²) in [5, 5.41) is 2.93. The molecule has 0 spiro atoms. The minimum absolute atomic E-state index is 0.0313. The van der Waals surface area contributed by atoms with Crippen LogP contribution in [0.25, 0.3) is 0 Å². The van der Waals surface area contributed by atoms with Crippen molar-refractivity contribution in [3.8, 4) is 0 Å². The van der Waals surface area contributed by atoms with Crippen LogP contribution in [0, 0.1) is 0 Å². The highest BCUT2D eigenvalue weighted by Gasteiger charge is 2.03. The first-order chi connectivity index (χ1) is 7.77. The van der Waals surface area contributed by atoms with Crippen molar-refractivity contribution in [1.82, 2.24) is 5.32 Å². The maximum atomic E-state index is 11.7. The predicted molar refractivity (Wildman–Crippen MR) is 70.1 cm³/mol. The van der Waals surface area contributed by atoms with E-state index in [4.69, 9.17) is 0 Å². The van der Waals surface area contributed by atoms with E-state index in [1.165, 1.54) is 17.7 Å². The lowest BCUT2D eigenvalue weighted by atomic mass is 10.2. The number of unbranched alkanes of at least 4 members (excludes halogenated alkanes) is 2. The summed E-state index contributed by atoms with van der Waals surface area (Å²) in [6.07, 6.45) is 5.44. The molecule has 0 bridgehead atoms. The molecule has 16 heavy (non-hydrogen) atoms. The van der Waals surface area contributed by atoms with Gasteiger partial charge in [-0.15, -0.1) is 11.8 Å². The molecule has 3 heteroatoms. The summed E-state index contributed by atoms with van der Waals surface area (Å²) in [6.45, 7) is 2.93. The quantitative estimate of drug-likeness (QED) is 0.607. The minimum Gasteiger partial charge on any atom is -0.352 e. The van der Waals surface area contributed by atoms with Crippen LogP contribution in [0.3, 0.4) is 0 Å². The largest absolute Gasteiger partial charge is 0.352 e. The van der Waals surface area contributed by atoms with Gasteiger partial charge in [0.15, 0.2) is 0 Å². The predicted octanol–water partition coefficient (Wildman–Crippen LogP) is 3.33. The van der Waals surface area contributed by atoms with E-state index in [1.54, 1.807) is 11.8 Å². The van der Waals surface area contributed by atoms with Crippen molar-refractivity contribution in [2.45, 2.75) is 31.1 Å². The third-order valence-corrected chi connectivity index (χ3v) is 3.16. The molecule has 0 saturated carbocycles. The lowest BCUT2D eigenvalue weighted by Gasteiger charge is -2.05. The third kappa shape index (κ3) is 4.27. The first-order valence-corrected chi connectivity index (χ1v) is 6.92. The molecule has 0 heterocycles. The molecule has 0 atom stereocenters. The summed E-state index contributed by atoms with van der Waals surface area (Å²) >= 11 is 1.68. The summed E-state index contributed by atoms with van der Waals surface area (Å²) in [7, 11) is 0. The molecular formula is C13H19NOS. The molecule has 1 rings (SSSR count). The van der Waals surface area contributed by atoms with Gasteiger partial charge in [0.25, 0.3) is 5.91 Å². The van der Waals surface area contributed by atoms with Crippen molar-refractivity contribution in [2.75, 3.05) is 12.8 Å². The Balaban J connectivity index is 2.40. The molecule has 1 N–H and O–H groups in total. The van der Waals surface area contributed by atoms with E-state index in [1.807, 2.05) is 30.5 Å². The maximum absolute atomic E-state index is 11.7. The van der Waals surface area contributed by atoms with Crippen LogP contribution >= 0.6 is 11.8 Å². The first kappa shape index (κ1) is 13.1. The Morgan fingerprint density at radius 1 is 1.25 bits per heavy atom. The summed E-state index contributed by atoms with van der Waals surface area (Å²) in [5.41, 5.74) is 0.745. The van der Waals surface area contributed by atoms with Crippen molar-refractivity contribution < 1.29 is 4.79 Å². The van der Waals surface area contributed by atoms with Crippen LogP contribution in [0.15, 0.2) is 29.2 Å². The molecule has 0 fully saturated rings. The molecule has 0 aliphatic heterocycles. The van der Waals surface area contributed by atoms with Crippen molar-refractivity contribution in [1.29, 1.82) is 0 Å². The number of amides is 1. The summed E-state index contributed by atoms with van der Waals surface area (Å²) in [4.78, 5) is 12.9. The van der Waals surface area contributed by atoms with E-state index in [-0.39, 0.29) is 5.91 Å². The van der Waals surface area contributed by atoms with Gasteiger partial charge >= 0.3 is 0 Å². The van der Waals surface area contributed by atoms with Gasteiger partial charge < -0.3 is 5.32 Å². The minimum atomic E-state index is 0.0313. The monoisotopic (exact) mass is 237 g/mol. The Hall–Kier alpha value is -0.960. The fourth-order valence-corrected chi connectivity index (χ4v) is 1.83. The van der Waals surface area contributed by atoms with E-state index >= 15 is 0 Å². The summed E-state index contributed by atoms with van der Waals surface area (Å²) in [5.74, 6) is 0.0313. The van der Waals surface area contributed by atoms with Gasteiger partial charge in [0.05, 0.1) is 0 Å². The standard InChI is InChI=1S/C13H19NOS/c1-3-4-5-10-14-13(15)11-6-8-12(16-2)9-7-11/h6-9H,3-5,10H2,1-2H3,(H,14,15). The zero-order valence-corrected chi connectivity index (χ0v) is 10.8. The maximum Gasteiger partial charge on any atom is 0.251 e. The highest BCUT2D eigenvalue weighted by atomic mass is 32.2. The Labute approximate surface area is 102 Å². The van der Waals surface area contributed by atoms with Gasteiger partial charge in [-0.05, 0) is 36.9 Å². The van der Waals surface area contributed by atoms with Gasteiger partial charge in [0.2, 0.25) is 0 Å². The normalized spacial score (nSPS) is 10.1. The van der Waals surface area contributed by atoms with Gasteiger partial charge in [0.1, 0.15) is 0 Å². The van der Waals surface area contributed by atoms with E-state index < -0.39 is 0 Å². The highest BCUT2D eigenvalue weighted by Crippen LogP contribution is 2.14. The number of rotatable bonds is 6. The van der Waals surface area contributed by atoms with E-state index in [2.05, 4.69) is 12.2 Å². The van der Waals surface area contributed by atoms with Gasteiger partial charge in [-0.3, -0.25) is 4.79 Å². The Kier molecular flexibility index (Phi) is 6.01. The van der Waals surface area contributed by atoms with Crippen molar-refractivity contribution in [3.05, 3.63) is 29.8 Å². The number of hydrogen-bond acceptors (Lipinski definition) is 2. The summed E-state index contributed by atoms with van der Waals surface area (Å²) < 4.78 is 0. The van der Waals surface area contributed by atoms with E-state index in [0.717, 1.165) is 18.5 Å². The first-order valence-electron chi connectivity index (χ1n) is 5.70. The zero-order chi connectivity index (χ0) is 11.8. The van der Waals surface area contributed by atoms with Crippen LogP contribution in [-0.4, -0.2) is 18.7 Å². The van der Waals surface area contributed by atoms with E-state index in [0.29, 0.717) is 0 Å². The van der Waals surface area contributed by atoms with Crippen LogP contribution < -0.4 is 5.32 Å². The van der Waals surface area contributed by atoms with Crippen LogP contribution in [0.4, 0.5) is 0 Å². The molecule has 0 aromatic heterocycles. The molecule has 0 radical (unpaired) electrons. The van der Waals surface area contributed by atoms with Crippen molar-refractivity contribution in [3.63, 3.8) is 0 Å². The highest BCUT2D eigenvalue weighted by molar-refractivity contribution is 7.98. The smallest absolute Gasteiger partial charge is 0.251 e. The number of hydrogen-bond donors (Lipinski definition) is 1. The van der Waals surface area contributed by atoms with Crippen molar-refractivity contribution >= 4 is 17.7 Å². The van der Waals surface area contributed by atoms with Crippen LogP contribution in [-0.2, 0) is 0 Å². The average molecular weight is 237 g/mol. The molecule has 1 aromatic carbocycles. The van der Waals surface area contributed by atoms with Gasteiger partial charge in [-0.1, -0.05) is 19.8 Å². The summed E-state index contributed by atoms with van der Waals surface area (Å²) in [6, 6.07) is 7.71. The lowest BCUT2D eigenvalue weighted by Crippen LogP contribution is -2.24. The molecule has 88 valence electrons. The van der Waals surface area contributed by atoms with E-state index in [9.17, 15) is 4.79 Å². The molecule has 0 aliphatic carbocycles. The van der Waals surface area contributed by atoms with Crippen LogP contribution in [0.5, 0.6) is 0 Å². The number of carbonyl (C=O) groups excluding carboxylic acids is 1. The Morgan fingerprint density at radius 3 is 2.50 bits per heavy atom. The second-order valence-corrected chi connectivity index (χ2v) is 4.57. The third-order valence-electron chi connectivity index (χ3n) is 2.42. The SMILES string of the molecule is CCCCCNC(=O)c1ccc(SC)cc1. The van der Waals surface area contributed by atoms with Crippen molar-refractivity contribution in [2.24, 2.45) is 0 Å². The van der Waals surface area contributed by atoms with Gasteiger partial charge in [-0.25, -0.2) is 0 Å². The molecule has 0 aliphatic rings. The number of carbonyl (C=O) groups is 1. The number of nitrogens with one attached hydrogen (secondary N) is 1. The molecule has 2 nitrogen and oxygen atoms in total. The second kappa shape index (κ2) is 7.34. The molecule has 1 amide bonds. The molecule has 1 aromatic rings. The molecular weight excluding hydrogens is 218 g/mol. The topological polar surface area (TPSA) is 29.1 Å². The molecule has 0 unspecified atom stereocenters. The molecule has 0 saturated heterocycles. The van der Waals surface area contributed by atoms with Gasteiger partial charge in [-0.2, -0.15) is 0 Å². The fourth-order valence-electron chi connectivity index (χ4n) is 1.42. The van der Waals surface area contributed by atoms with Crippen LogP contribution in [0.2, 0.25) is 0 Å². The van der Waals surface area contributed by atoms with Crippen LogP contribution in [0.1, 0.15) is 36.5 Å². The number of benzene rings is 1. The Morgan fingerprint density at radius 2 is 1.94 bits per heavy atom. The zero-order valence-electron chi connectivity index (χ0n) is 9.95. The Bertz CT molecular complexity index is 321. The number of thioether (sulfide) groups is 1. The lowest BCUT2D eigenvalue weighted by molar-refractivity contribution is 0.0953. The average Bonchev–Trinajstić information content (AvgIpc) is 2.34. The fraction of sp³-hybridized carbons (Fsp3) is 0.462. The second-order valence-electron chi connectivity index (χ2n) is 3.69. The van der Waals surface area contributed by atoms with Gasteiger partial charge in [0, 0.05) is 17.0 Å².